The zero-order chi connectivity index (χ0) is 13.5. The zero-order valence-corrected chi connectivity index (χ0v) is 10.5. The normalized spacial score (nSPS) is 37.5. The molecule has 3 N–H and O–H groups in total. The third-order valence-electron chi connectivity index (χ3n) is 3.89. The molecule has 5 heteroatoms. The summed E-state index contributed by atoms with van der Waals surface area (Å²) in [5.74, 6) is -1.30. The summed E-state index contributed by atoms with van der Waals surface area (Å²) < 4.78 is 11.6. The maximum Gasteiger partial charge on any atom is 0.225 e. The van der Waals surface area contributed by atoms with Gasteiger partial charge in [-0.2, -0.15) is 0 Å². The van der Waals surface area contributed by atoms with Gasteiger partial charge >= 0.3 is 0 Å². The monoisotopic (exact) mass is 266 g/mol. The van der Waals surface area contributed by atoms with Crippen LogP contribution in [0.5, 0.6) is 0 Å². The highest BCUT2D eigenvalue weighted by Gasteiger charge is 2.54. The van der Waals surface area contributed by atoms with Gasteiger partial charge in [0.05, 0.1) is 18.8 Å². The molecule has 4 atom stereocenters. The Morgan fingerprint density at radius 3 is 2.84 bits per heavy atom. The van der Waals surface area contributed by atoms with E-state index in [2.05, 4.69) is 0 Å². The van der Waals surface area contributed by atoms with Crippen molar-refractivity contribution in [3.8, 4) is 0 Å². The van der Waals surface area contributed by atoms with Gasteiger partial charge < -0.3 is 24.8 Å². The number of ether oxygens (including phenoxy) is 2. The van der Waals surface area contributed by atoms with E-state index >= 15 is 0 Å². The molecule has 1 saturated heterocycles. The van der Waals surface area contributed by atoms with Crippen LogP contribution in [0, 0.1) is 0 Å². The van der Waals surface area contributed by atoms with Crippen molar-refractivity contribution in [1.82, 2.24) is 0 Å². The van der Waals surface area contributed by atoms with E-state index in [4.69, 9.17) is 14.6 Å². The van der Waals surface area contributed by atoms with E-state index in [-0.39, 0.29) is 12.7 Å². The molecule has 1 aromatic rings. The summed E-state index contributed by atoms with van der Waals surface area (Å²) in [4.78, 5) is 0. The summed E-state index contributed by atoms with van der Waals surface area (Å²) in [7, 11) is 0. The molecular formula is C14H18O5. The smallest absolute Gasteiger partial charge is 0.225 e. The van der Waals surface area contributed by atoms with Gasteiger partial charge in [-0.15, -0.1) is 0 Å². The second-order valence-electron chi connectivity index (χ2n) is 5.11. The third-order valence-corrected chi connectivity index (χ3v) is 3.89. The Balaban J connectivity index is 1.97. The standard InChI is InChI=1S/C14H18O5/c15-6-5-10-7-12(16)13(17)14(19-10)11-4-2-1-3-9(11)8-18-14/h1-4,10,12-13,15-17H,5-8H2/t10-,12-,13+,14-/m0/s1. The summed E-state index contributed by atoms with van der Waals surface area (Å²) in [6.07, 6.45) is -1.65. The molecule has 5 nitrogen and oxygen atoms in total. The van der Waals surface area contributed by atoms with Gasteiger partial charge in [0.15, 0.2) is 0 Å². The Labute approximate surface area is 111 Å². The molecule has 0 unspecified atom stereocenters. The molecule has 0 saturated carbocycles. The SMILES string of the molecule is OCC[C@H]1C[C@H](O)[C@@H](O)[C@@]2(OCc3ccccc32)O1. The highest BCUT2D eigenvalue weighted by molar-refractivity contribution is 5.35. The van der Waals surface area contributed by atoms with E-state index in [0.29, 0.717) is 19.4 Å². The molecule has 1 fully saturated rings. The average Bonchev–Trinajstić information content (AvgIpc) is 2.77. The van der Waals surface area contributed by atoms with E-state index in [0.717, 1.165) is 11.1 Å². The van der Waals surface area contributed by atoms with Gasteiger partial charge in [0.25, 0.3) is 0 Å². The maximum atomic E-state index is 10.3. The van der Waals surface area contributed by atoms with Crippen LogP contribution in [0.3, 0.4) is 0 Å². The fourth-order valence-electron chi connectivity index (χ4n) is 2.93. The van der Waals surface area contributed by atoms with Crippen molar-refractivity contribution in [2.75, 3.05) is 6.61 Å². The first kappa shape index (κ1) is 13.0. The molecule has 0 bridgehead atoms. The lowest BCUT2D eigenvalue weighted by Crippen LogP contribution is -2.55. The minimum atomic E-state index is -1.30. The molecule has 2 aliphatic rings. The quantitative estimate of drug-likeness (QED) is 0.715. The molecule has 0 aromatic heterocycles. The van der Waals surface area contributed by atoms with Crippen molar-refractivity contribution in [1.29, 1.82) is 0 Å². The summed E-state index contributed by atoms with van der Waals surface area (Å²) in [6, 6.07) is 7.52. The number of aliphatic hydroxyl groups excluding tert-OH is 3. The van der Waals surface area contributed by atoms with Crippen LogP contribution in [0.15, 0.2) is 24.3 Å². The van der Waals surface area contributed by atoms with Crippen LogP contribution in [0.2, 0.25) is 0 Å². The van der Waals surface area contributed by atoms with Crippen LogP contribution < -0.4 is 0 Å². The summed E-state index contributed by atoms with van der Waals surface area (Å²) >= 11 is 0. The minimum absolute atomic E-state index is 0.0226. The van der Waals surface area contributed by atoms with Crippen molar-refractivity contribution < 1.29 is 24.8 Å². The summed E-state index contributed by atoms with van der Waals surface area (Å²) in [5, 5.41) is 29.4. The van der Waals surface area contributed by atoms with Gasteiger partial charge in [-0.3, -0.25) is 0 Å². The van der Waals surface area contributed by atoms with Crippen LogP contribution in [0.25, 0.3) is 0 Å². The van der Waals surface area contributed by atoms with E-state index < -0.39 is 18.0 Å². The predicted octanol–water partition coefficient (Wildman–Crippen LogP) is 0.263. The molecule has 2 aliphatic heterocycles. The van der Waals surface area contributed by atoms with Gasteiger partial charge in [-0.1, -0.05) is 24.3 Å². The average molecular weight is 266 g/mol. The molecule has 2 heterocycles. The lowest BCUT2D eigenvalue weighted by Gasteiger charge is -2.44. The molecule has 19 heavy (non-hydrogen) atoms. The highest BCUT2D eigenvalue weighted by Crippen LogP contribution is 2.45. The number of hydrogen-bond acceptors (Lipinski definition) is 5. The number of benzene rings is 1. The molecule has 1 spiro atoms. The number of aliphatic hydroxyl groups is 3. The third kappa shape index (κ3) is 1.98. The fraction of sp³-hybridized carbons (Fsp3) is 0.571. The second-order valence-corrected chi connectivity index (χ2v) is 5.11. The lowest BCUT2D eigenvalue weighted by atomic mass is 9.88. The first-order valence-corrected chi connectivity index (χ1v) is 6.54. The lowest BCUT2D eigenvalue weighted by molar-refractivity contribution is -0.345. The van der Waals surface area contributed by atoms with E-state index in [1.54, 1.807) is 0 Å². The molecular weight excluding hydrogens is 248 g/mol. The van der Waals surface area contributed by atoms with Crippen molar-refractivity contribution in [3.63, 3.8) is 0 Å². The molecule has 0 radical (unpaired) electrons. The van der Waals surface area contributed by atoms with Gasteiger partial charge in [-0.25, -0.2) is 0 Å². The van der Waals surface area contributed by atoms with Crippen LogP contribution in [0.1, 0.15) is 24.0 Å². The number of fused-ring (bicyclic) bond motifs is 2. The number of hydrogen-bond donors (Lipinski definition) is 3. The zero-order valence-electron chi connectivity index (χ0n) is 10.5. The van der Waals surface area contributed by atoms with Crippen LogP contribution in [-0.2, 0) is 21.9 Å². The van der Waals surface area contributed by atoms with Crippen molar-refractivity contribution >= 4 is 0 Å². The van der Waals surface area contributed by atoms with Crippen LogP contribution in [0.4, 0.5) is 0 Å². The number of rotatable bonds is 2. The molecule has 104 valence electrons. The van der Waals surface area contributed by atoms with E-state index in [9.17, 15) is 10.2 Å². The maximum absolute atomic E-state index is 10.3. The van der Waals surface area contributed by atoms with Gasteiger partial charge in [0, 0.05) is 18.6 Å². The summed E-state index contributed by atoms with van der Waals surface area (Å²) in [6.45, 7) is 0.330. The Morgan fingerprint density at radius 1 is 1.26 bits per heavy atom. The topological polar surface area (TPSA) is 79.2 Å². The first-order chi connectivity index (χ1) is 9.17. The second kappa shape index (κ2) is 4.85. The van der Waals surface area contributed by atoms with Gasteiger partial charge in [0.1, 0.15) is 6.10 Å². The Morgan fingerprint density at radius 2 is 2.05 bits per heavy atom. The molecule has 0 aliphatic carbocycles. The largest absolute Gasteiger partial charge is 0.396 e. The predicted molar refractivity (Wildman–Crippen MR) is 66.1 cm³/mol. The molecule has 0 amide bonds. The van der Waals surface area contributed by atoms with Crippen molar-refractivity contribution in [3.05, 3.63) is 35.4 Å². The first-order valence-electron chi connectivity index (χ1n) is 6.54. The highest BCUT2D eigenvalue weighted by atomic mass is 16.7. The minimum Gasteiger partial charge on any atom is -0.396 e. The van der Waals surface area contributed by atoms with Crippen LogP contribution in [-0.4, -0.2) is 40.2 Å². The van der Waals surface area contributed by atoms with Crippen molar-refractivity contribution in [2.24, 2.45) is 0 Å². The van der Waals surface area contributed by atoms with Crippen LogP contribution >= 0.6 is 0 Å². The Kier molecular flexibility index (Phi) is 3.32. The van der Waals surface area contributed by atoms with E-state index in [1.807, 2.05) is 24.3 Å². The van der Waals surface area contributed by atoms with Gasteiger partial charge in [0.2, 0.25) is 5.79 Å². The summed E-state index contributed by atoms with van der Waals surface area (Å²) in [5.41, 5.74) is 1.72. The molecule has 3 rings (SSSR count). The van der Waals surface area contributed by atoms with Crippen molar-refractivity contribution in [2.45, 2.75) is 43.5 Å². The Hall–Kier alpha value is -0.980. The molecule has 1 aromatic carbocycles. The Bertz CT molecular complexity index is 463. The van der Waals surface area contributed by atoms with Gasteiger partial charge in [-0.05, 0) is 12.0 Å². The fourth-order valence-corrected chi connectivity index (χ4v) is 2.93. The van der Waals surface area contributed by atoms with E-state index in [1.165, 1.54) is 0 Å².